The summed E-state index contributed by atoms with van der Waals surface area (Å²) in [5.74, 6) is -0.782. The van der Waals surface area contributed by atoms with Crippen LogP contribution < -0.4 is 0 Å². The second-order valence-corrected chi connectivity index (χ2v) is 3.59. The van der Waals surface area contributed by atoms with Gasteiger partial charge in [-0.05, 0) is 19.3 Å². The van der Waals surface area contributed by atoms with E-state index in [0.29, 0.717) is 5.25 Å². The Labute approximate surface area is 66.0 Å². The van der Waals surface area contributed by atoms with Gasteiger partial charge in [-0.15, -0.1) is 0 Å². The molecule has 0 bridgehead atoms. The molecule has 10 heavy (non-hydrogen) atoms. The molecule has 0 saturated heterocycles. The molecule has 1 saturated carbocycles. The van der Waals surface area contributed by atoms with Crippen molar-refractivity contribution in [3.63, 3.8) is 0 Å². The number of hydrogen-bond donors (Lipinski definition) is 2. The first-order chi connectivity index (χ1) is 4.70. The largest absolute Gasteiger partial charge is 0.481 e. The fourth-order valence-electron chi connectivity index (χ4n) is 1.39. The van der Waals surface area contributed by atoms with Crippen molar-refractivity contribution in [3.8, 4) is 0 Å². The van der Waals surface area contributed by atoms with E-state index in [1.54, 1.807) is 0 Å². The third-order valence-corrected chi connectivity index (χ3v) is 2.46. The molecule has 0 aromatic carbocycles. The molecular weight excluding hydrogens is 148 g/mol. The predicted molar refractivity (Wildman–Crippen MR) is 42.4 cm³/mol. The maximum Gasteiger partial charge on any atom is 0.306 e. The van der Waals surface area contributed by atoms with E-state index in [1.807, 2.05) is 0 Å². The van der Waals surface area contributed by atoms with E-state index in [1.165, 1.54) is 0 Å². The molecule has 0 aromatic rings. The minimum atomic E-state index is -0.654. The number of carbonyl (C=O) groups is 1. The fraction of sp³-hybridized carbons (Fsp3) is 0.857. The molecule has 1 aliphatic carbocycles. The molecule has 1 N–H and O–H groups in total. The standard InChI is InChI=1S/C7H12O2S/c8-7(9)5-2-1-3-6(10)4-5/h5-6,10H,1-4H2,(H,8,9). The molecular formula is C7H12O2S. The molecule has 2 atom stereocenters. The van der Waals surface area contributed by atoms with Crippen LogP contribution in [-0.4, -0.2) is 16.3 Å². The maximum absolute atomic E-state index is 10.5. The summed E-state index contributed by atoms with van der Waals surface area (Å²) in [6.45, 7) is 0. The zero-order valence-corrected chi connectivity index (χ0v) is 6.68. The molecule has 2 unspecified atom stereocenters. The second-order valence-electron chi connectivity index (χ2n) is 2.86. The van der Waals surface area contributed by atoms with Gasteiger partial charge in [0, 0.05) is 5.25 Å². The van der Waals surface area contributed by atoms with Crippen molar-refractivity contribution in [2.45, 2.75) is 30.9 Å². The lowest BCUT2D eigenvalue weighted by atomic mass is 9.89. The minimum Gasteiger partial charge on any atom is -0.481 e. The number of hydrogen-bond acceptors (Lipinski definition) is 2. The third kappa shape index (κ3) is 1.90. The van der Waals surface area contributed by atoms with Gasteiger partial charge in [0.2, 0.25) is 0 Å². The van der Waals surface area contributed by atoms with Crippen molar-refractivity contribution in [2.24, 2.45) is 5.92 Å². The van der Waals surface area contributed by atoms with Crippen molar-refractivity contribution < 1.29 is 9.90 Å². The molecule has 0 amide bonds. The van der Waals surface area contributed by atoms with E-state index in [-0.39, 0.29) is 5.92 Å². The average Bonchev–Trinajstić information content (AvgIpc) is 1.88. The summed E-state index contributed by atoms with van der Waals surface area (Å²) in [4.78, 5) is 10.5. The van der Waals surface area contributed by atoms with Crippen LogP contribution in [-0.2, 0) is 4.79 Å². The first-order valence-electron chi connectivity index (χ1n) is 3.61. The Hall–Kier alpha value is -0.180. The van der Waals surface area contributed by atoms with Crippen molar-refractivity contribution >= 4 is 18.6 Å². The topological polar surface area (TPSA) is 37.3 Å². The van der Waals surface area contributed by atoms with Gasteiger partial charge in [-0.3, -0.25) is 4.79 Å². The van der Waals surface area contributed by atoms with Crippen molar-refractivity contribution in [2.75, 3.05) is 0 Å². The van der Waals surface area contributed by atoms with E-state index in [4.69, 9.17) is 5.11 Å². The predicted octanol–water partition coefficient (Wildman–Crippen LogP) is 1.56. The normalized spacial score (nSPS) is 33.7. The summed E-state index contributed by atoms with van der Waals surface area (Å²) < 4.78 is 0. The van der Waals surface area contributed by atoms with Crippen LogP contribution in [0.2, 0.25) is 0 Å². The Morgan fingerprint density at radius 2 is 2.20 bits per heavy atom. The van der Waals surface area contributed by atoms with Crippen LogP contribution in [0.4, 0.5) is 0 Å². The van der Waals surface area contributed by atoms with Crippen molar-refractivity contribution in [1.29, 1.82) is 0 Å². The molecule has 1 rings (SSSR count). The Morgan fingerprint density at radius 1 is 1.50 bits per heavy atom. The summed E-state index contributed by atoms with van der Waals surface area (Å²) in [6.07, 6.45) is 3.68. The molecule has 0 radical (unpaired) electrons. The highest BCUT2D eigenvalue weighted by Gasteiger charge is 2.24. The summed E-state index contributed by atoms with van der Waals surface area (Å²) in [6, 6.07) is 0. The number of thiol groups is 1. The summed E-state index contributed by atoms with van der Waals surface area (Å²) in [5, 5.41) is 8.94. The second kappa shape index (κ2) is 3.28. The molecule has 0 aliphatic heterocycles. The zero-order chi connectivity index (χ0) is 7.56. The van der Waals surface area contributed by atoms with Gasteiger partial charge in [-0.2, -0.15) is 12.6 Å². The van der Waals surface area contributed by atoms with Crippen LogP contribution in [0.1, 0.15) is 25.7 Å². The SMILES string of the molecule is O=C(O)C1CCCC(S)C1. The van der Waals surface area contributed by atoms with Crippen molar-refractivity contribution in [3.05, 3.63) is 0 Å². The highest BCUT2D eigenvalue weighted by Crippen LogP contribution is 2.27. The maximum atomic E-state index is 10.5. The van der Waals surface area contributed by atoms with Gasteiger partial charge in [-0.25, -0.2) is 0 Å². The van der Waals surface area contributed by atoms with Crippen LogP contribution in [0.15, 0.2) is 0 Å². The molecule has 1 fully saturated rings. The summed E-state index contributed by atoms with van der Waals surface area (Å²) >= 11 is 4.25. The van der Waals surface area contributed by atoms with E-state index < -0.39 is 5.97 Å². The molecule has 0 spiro atoms. The zero-order valence-electron chi connectivity index (χ0n) is 5.79. The summed E-state index contributed by atoms with van der Waals surface area (Å²) in [7, 11) is 0. The van der Waals surface area contributed by atoms with Gasteiger partial charge < -0.3 is 5.11 Å². The van der Waals surface area contributed by atoms with E-state index >= 15 is 0 Å². The van der Waals surface area contributed by atoms with Crippen molar-refractivity contribution in [1.82, 2.24) is 0 Å². The lowest BCUT2D eigenvalue weighted by molar-refractivity contribution is -0.142. The Bertz CT molecular complexity index is 136. The van der Waals surface area contributed by atoms with Gasteiger partial charge in [0.25, 0.3) is 0 Å². The lowest BCUT2D eigenvalue weighted by Crippen LogP contribution is -2.22. The number of aliphatic carboxylic acids is 1. The first kappa shape index (κ1) is 7.92. The summed E-state index contributed by atoms with van der Waals surface area (Å²) in [5.41, 5.74) is 0. The van der Waals surface area contributed by atoms with Crippen LogP contribution >= 0.6 is 12.6 Å². The Morgan fingerprint density at radius 3 is 2.60 bits per heavy atom. The van der Waals surface area contributed by atoms with Gasteiger partial charge in [0.1, 0.15) is 0 Å². The van der Waals surface area contributed by atoms with E-state index in [0.717, 1.165) is 25.7 Å². The lowest BCUT2D eigenvalue weighted by Gasteiger charge is -2.22. The smallest absolute Gasteiger partial charge is 0.306 e. The number of carboxylic acids is 1. The van der Waals surface area contributed by atoms with Crippen LogP contribution in [0, 0.1) is 5.92 Å². The van der Waals surface area contributed by atoms with Gasteiger partial charge >= 0.3 is 5.97 Å². The first-order valence-corrected chi connectivity index (χ1v) is 4.12. The van der Waals surface area contributed by atoms with Gasteiger partial charge in [-0.1, -0.05) is 6.42 Å². The Kier molecular flexibility index (Phi) is 2.60. The van der Waals surface area contributed by atoms with Gasteiger partial charge in [0.05, 0.1) is 5.92 Å². The average molecular weight is 160 g/mol. The Balaban J connectivity index is 2.39. The number of carboxylic acid groups (broad SMARTS) is 1. The highest BCUT2D eigenvalue weighted by atomic mass is 32.1. The highest BCUT2D eigenvalue weighted by molar-refractivity contribution is 7.80. The molecule has 2 nitrogen and oxygen atoms in total. The molecule has 58 valence electrons. The molecule has 0 heterocycles. The van der Waals surface area contributed by atoms with E-state index in [2.05, 4.69) is 12.6 Å². The third-order valence-electron chi connectivity index (χ3n) is 2.00. The van der Waals surface area contributed by atoms with Crippen LogP contribution in [0.25, 0.3) is 0 Å². The molecule has 1 aliphatic rings. The number of rotatable bonds is 1. The van der Waals surface area contributed by atoms with E-state index in [9.17, 15) is 4.79 Å². The van der Waals surface area contributed by atoms with Crippen LogP contribution in [0.3, 0.4) is 0 Å². The molecule has 3 heteroatoms. The quantitative estimate of drug-likeness (QED) is 0.571. The van der Waals surface area contributed by atoms with Gasteiger partial charge in [0.15, 0.2) is 0 Å². The van der Waals surface area contributed by atoms with Crippen LogP contribution in [0.5, 0.6) is 0 Å². The molecule has 0 aromatic heterocycles. The fourth-order valence-corrected chi connectivity index (χ4v) is 1.83. The monoisotopic (exact) mass is 160 g/mol. The minimum absolute atomic E-state index is 0.128.